The molecular weight excluding hydrogens is 376 g/mol. The van der Waals surface area contributed by atoms with Crippen molar-refractivity contribution in [3.8, 4) is 11.5 Å². The zero-order valence-electron chi connectivity index (χ0n) is 17.6. The second-order valence-electron chi connectivity index (χ2n) is 7.71. The van der Waals surface area contributed by atoms with Gasteiger partial charge < -0.3 is 19.7 Å². The molecule has 0 radical (unpaired) electrons. The van der Waals surface area contributed by atoms with Gasteiger partial charge in [-0.05, 0) is 75.9 Å². The van der Waals surface area contributed by atoms with E-state index < -0.39 is 0 Å². The molecule has 1 N–H and O–H groups in total. The molecule has 0 spiro atoms. The lowest BCUT2D eigenvalue weighted by molar-refractivity contribution is -0.117. The molecule has 1 aromatic rings. The lowest BCUT2D eigenvalue weighted by atomic mass is 9.87. The van der Waals surface area contributed by atoms with Crippen molar-refractivity contribution < 1.29 is 14.3 Å². The molecule has 0 heterocycles. The highest BCUT2D eigenvalue weighted by molar-refractivity contribution is 5.92. The van der Waals surface area contributed by atoms with Crippen molar-refractivity contribution >= 4 is 24.4 Å². The van der Waals surface area contributed by atoms with E-state index in [-0.39, 0.29) is 18.3 Å². The summed E-state index contributed by atoms with van der Waals surface area (Å²) in [4.78, 5) is 14.3. The van der Waals surface area contributed by atoms with Gasteiger partial charge in [0.15, 0.2) is 11.5 Å². The van der Waals surface area contributed by atoms with Gasteiger partial charge in [-0.15, -0.1) is 12.4 Å². The quantitative estimate of drug-likeness (QED) is 0.490. The van der Waals surface area contributed by atoms with Gasteiger partial charge in [-0.25, -0.2) is 0 Å². The number of methoxy groups -OCH3 is 1. The summed E-state index contributed by atoms with van der Waals surface area (Å²) in [5.41, 5.74) is 0.917. The molecule has 158 valence electrons. The van der Waals surface area contributed by atoms with E-state index in [4.69, 9.17) is 9.47 Å². The molecule has 1 aliphatic carbocycles. The summed E-state index contributed by atoms with van der Waals surface area (Å²) in [6.07, 6.45) is 8.92. The van der Waals surface area contributed by atoms with E-state index in [0.29, 0.717) is 18.4 Å². The second-order valence-corrected chi connectivity index (χ2v) is 7.71. The molecule has 5 nitrogen and oxygen atoms in total. The number of nitrogens with zero attached hydrogens (tertiary/aromatic N) is 1. The number of nitrogens with one attached hydrogen (secondary N) is 1. The van der Waals surface area contributed by atoms with Crippen LogP contribution < -0.4 is 14.8 Å². The third kappa shape index (κ3) is 8.53. The van der Waals surface area contributed by atoms with Gasteiger partial charge in [0.2, 0.25) is 5.91 Å². The maximum absolute atomic E-state index is 12.2. The summed E-state index contributed by atoms with van der Waals surface area (Å²) in [5.74, 6) is 2.17. The van der Waals surface area contributed by atoms with Crippen LogP contribution in [0.1, 0.15) is 44.6 Å². The van der Waals surface area contributed by atoms with Gasteiger partial charge in [0, 0.05) is 18.7 Å². The Morgan fingerprint density at radius 1 is 1.21 bits per heavy atom. The van der Waals surface area contributed by atoms with E-state index in [0.717, 1.165) is 43.0 Å². The van der Waals surface area contributed by atoms with Crippen LogP contribution in [0, 0.1) is 5.92 Å². The molecule has 1 amide bonds. The largest absolute Gasteiger partial charge is 0.493 e. The molecule has 0 aromatic heterocycles. The number of rotatable bonds is 9. The van der Waals surface area contributed by atoms with Crippen molar-refractivity contribution in [3.05, 3.63) is 29.8 Å². The van der Waals surface area contributed by atoms with Gasteiger partial charge in [-0.2, -0.15) is 0 Å². The van der Waals surface area contributed by atoms with Crippen LogP contribution in [-0.4, -0.2) is 51.2 Å². The van der Waals surface area contributed by atoms with Gasteiger partial charge in [0.1, 0.15) is 0 Å². The zero-order valence-corrected chi connectivity index (χ0v) is 18.4. The van der Waals surface area contributed by atoms with Crippen LogP contribution in [0.4, 0.5) is 0 Å². The first kappa shape index (κ1) is 24.3. The number of carbonyl (C=O) groups is 1. The summed E-state index contributed by atoms with van der Waals surface area (Å²) < 4.78 is 11.2. The standard InChI is InChI=1S/C22H34N2O3.ClH/c1-17-6-10-19(11-7-17)23-22(25)13-9-18-8-12-20(21(16-18)26-4)27-15-5-14-24(2)3;/h8-9,12-13,16-17,19H,5-7,10-11,14-15H2,1-4H3,(H,23,25);1H/b13-9+;. The van der Waals surface area contributed by atoms with Crippen LogP contribution in [-0.2, 0) is 4.79 Å². The minimum atomic E-state index is -0.0301. The van der Waals surface area contributed by atoms with Crippen LogP contribution in [0.3, 0.4) is 0 Å². The van der Waals surface area contributed by atoms with Gasteiger partial charge >= 0.3 is 0 Å². The average Bonchev–Trinajstić information content (AvgIpc) is 2.65. The number of benzene rings is 1. The molecule has 0 saturated heterocycles. The van der Waals surface area contributed by atoms with Gasteiger partial charge in [-0.1, -0.05) is 13.0 Å². The van der Waals surface area contributed by atoms with Gasteiger partial charge in [0.05, 0.1) is 13.7 Å². The van der Waals surface area contributed by atoms with Crippen molar-refractivity contribution in [2.75, 3.05) is 34.4 Å². The van der Waals surface area contributed by atoms with E-state index in [1.54, 1.807) is 13.2 Å². The Morgan fingerprint density at radius 2 is 1.93 bits per heavy atom. The molecule has 28 heavy (non-hydrogen) atoms. The molecule has 6 heteroatoms. The summed E-state index contributed by atoms with van der Waals surface area (Å²) in [5, 5.41) is 3.11. The van der Waals surface area contributed by atoms with Crippen molar-refractivity contribution in [1.82, 2.24) is 10.2 Å². The molecule has 1 aromatic carbocycles. The molecule has 2 rings (SSSR count). The van der Waals surface area contributed by atoms with Crippen LogP contribution in [0.5, 0.6) is 11.5 Å². The van der Waals surface area contributed by atoms with Crippen LogP contribution in [0.25, 0.3) is 6.08 Å². The van der Waals surface area contributed by atoms with Crippen LogP contribution in [0.2, 0.25) is 0 Å². The van der Waals surface area contributed by atoms with Crippen molar-refractivity contribution in [1.29, 1.82) is 0 Å². The summed E-state index contributed by atoms with van der Waals surface area (Å²) in [6.45, 7) is 3.91. The summed E-state index contributed by atoms with van der Waals surface area (Å²) in [7, 11) is 5.73. The van der Waals surface area contributed by atoms with Crippen molar-refractivity contribution in [2.24, 2.45) is 5.92 Å². The van der Waals surface area contributed by atoms with E-state index >= 15 is 0 Å². The summed E-state index contributed by atoms with van der Waals surface area (Å²) in [6, 6.07) is 6.04. The highest BCUT2D eigenvalue weighted by Gasteiger charge is 2.18. The van der Waals surface area contributed by atoms with Gasteiger partial charge in [0.25, 0.3) is 0 Å². The van der Waals surface area contributed by atoms with E-state index in [1.165, 1.54) is 12.8 Å². The number of halogens is 1. The lowest BCUT2D eigenvalue weighted by Crippen LogP contribution is -2.36. The number of amides is 1. The molecular formula is C22H35ClN2O3. The third-order valence-electron chi connectivity index (χ3n) is 4.98. The Morgan fingerprint density at radius 3 is 2.57 bits per heavy atom. The molecule has 0 atom stereocenters. The predicted molar refractivity (Wildman–Crippen MR) is 118 cm³/mol. The first-order chi connectivity index (χ1) is 13.0. The Hall–Kier alpha value is -1.72. The lowest BCUT2D eigenvalue weighted by Gasteiger charge is -2.26. The predicted octanol–water partition coefficient (Wildman–Crippen LogP) is 4.16. The SMILES string of the molecule is COc1cc(/C=C/C(=O)NC2CCC(C)CC2)ccc1OCCCN(C)C.Cl. The highest BCUT2D eigenvalue weighted by atomic mass is 35.5. The fraction of sp³-hybridized carbons (Fsp3) is 0.591. The molecule has 0 aliphatic heterocycles. The normalized spacial score (nSPS) is 19.3. The highest BCUT2D eigenvalue weighted by Crippen LogP contribution is 2.28. The molecule has 1 fully saturated rings. The summed E-state index contributed by atoms with van der Waals surface area (Å²) >= 11 is 0. The maximum atomic E-state index is 12.2. The Balaban J connectivity index is 0.00000392. The van der Waals surface area contributed by atoms with Crippen molar-refractivity contribution in [2.45, 2.75) is 45.1 Å². The minimum absolute atomic E-state index is 0. The minimum Gasteiger partial charge on any atom is -0.493 e. The third-order valence-corrected chi connectivity index (χ3v) is 4.98. The number of hydrogen-bond acceptors (Lipinski definition) is 4. The first-order valence-electron chi connectivity index (χ1n) is 9.92. The topological polar surface area (TPSA) is 50.8 Å². The first-order valence-corrected chi connectivity index (χ1v) is 9.92. The smallest absolute Gasteiger partial charge is 0.244 e. The second kappa shape index (κ2) is 12.7. The fourth-order valence-corrected chi connectivity index (χ4v) is 3.30. The van der Waals surface area contributed by atoms with Crippen LogP contribution in [0.15, 0.2) is 24.3 Å². The van der Waals surface area contributed by atoms with Crippen molar-refractivity contribution in [3.63, 3.8) is 0 Å². The zero-order chi connectivity index (χ0) is 19.6. The molecule has 0 bridgehead atoms. The molecule has 0 unspecified atom stereocenters. The molecule has 1 aliphatic rings. The molecule has 1 saturated carbocycles. The van der Waals surface area contributed by atoms with Gasteiger partial charge in [-0.3, -0.25) is 4.79 Å². The maximum Gasteiger partial charge on any atom is 0.244 e. The van der Waals surface area contributed by atoms with E-state index in [2.05, 4.69) is 17.1 Å². The monoisotopic (exact) mass is 410 g/mol. The number of ether oxygens (including phenoxy) is 2. The Kier molecular flexibility index (Phi) is 11.0. The fourth-order valence-electron chi connectivity index (χ4n) is 3.30. The Bertz CT molecular complexity index is 626. The van der Waals surface area contributed by atoms with E-state index in [1.807, 2.05) is 38.4 Å². The number of hydrogen-bond donors (Lipinski definition) is 1. The Labute approximate surface area is 175 Å². The average molecular weight is 411 g/mol. The van der Waals surface area contributed by atoms with E-state index in [9.17, 15) is 4.79 Å². The number of carbonyl (C=O) groups excluding carboxylic acids is 1. The van der Waals surface area contributed by atoms with Crippen LogP contribution >= 0.6 is 12.4 Å².